The van der Waals surface area contributed by atoms with Gasteiger partial charge in [-0.2, -0.15) is 0 Å². The Morgan fingerprint density at radius 1 is 1.14 bits per heavy atom. The summed E-state index contributed by atoms with van der Waals surface area (Å²) in [5.74, 6) is 0. The van der Waals surface area contributed by atoms with E-state index < -0.39 is 0 Å². The molecule has 0 radical (unpaired) electrons. The fraction of sp³-hybridized carbons (Fsp3) is 0.684. The molecule has 1 atom stereocenters. The van der Waals surface area contributed by atoms with Crippen LogP contribution in [0.15, 0.2) is 30.3 Å². The highest BCUT2D eigenvalue weighted by Crippen LogP contribution is 2.33. The molecule has 116 valence electrons. The van der Waals surface area contributed by atoms with E-state index in [1.165, 1.54) is 63.6 Å². The lowest BCUT2D eigenvalue weighted by Crippen LogP contribution is -2.64. The van der Waals surface area contributed by atoms with Gasteiger partial charge < -0.3 is 5.32 Å². The summed E-state index contributed by atoms with van der Waals surface area (Å²) >= 11 is 0. The molecule has 1 aliphatic carbocycles. The molecule has 21 heavy (non-hydrogen) atoms. The van der Waals surface area contributed by atoms with E-state index >= 15 is 0 Å². The average molecular weight is 286 g/mol. The van der Waals surface area contributed by atoms with Crippen LogP contribution in [0.2, 0.25) is 0 Å². The first-order valence-corrected chi connectivity index (χ1v) is 8.84. The summed E-state index contributed by atoms with van der Waals surface area (Å²) in [6.07, 6.45) is 9.59. The SMILES string of the molecule is CCCC1CNC2(CCCCC2)CN1Cc1ccccc1. The van der Waals surface area contributed by atoms with E-state index in [2.05, 4.69) is 47.5 Å². The van der Waals surface area contributed by atoms with Gasteiger partial charge in [0.1, 0.15) is 0 Å². The zero-order valence-electron chi connectivity index (χ0n) is 13.5. The number of nitrogens with one attached hydrogen (secondary N) is 1. The molecule has 1 saturated heterocycles. The van der Waals surface area contributed by atoms with Crippen molar-refractivity contribution in [2.75, 3.05) is 13.1 Å². The van der Waals surface area contributed by atoms with Crippen molar-refractivity contribution in [3.8, 4) is 0 Å². The molecule has 1 aliphatic heterocycles. The van der Waals surface area contributed by atoms with Gasteiger partial charge in [0, 0.05) is 31.2 Å². The van der Waals surface area contributed by atoms with Gasteiger partial charge in [0.25, 0.3) is 0 Å². The zero-order chi connectivity index (χ0) is 14.5. The molecule has 2 fully saturated rings. The Bertz CT molecular complexity index is 422. The lowest BCUT2D eigenvalue weighted by Gasteiger charge is -2.50. The summed E-state index contributed by atoms with van der Waals surface area (Å²) in [5, 5.41) is 3.94. The fourth-order valence-electron chi connectivity index (χ4n) is 4.22. The number of nitrogens with zero attached hydrogens (tertiary/aromatic N) is 1. The Morgan fingerprint density at radius 2 is 1.90 bits per heavy atom. The van der Waals surface area contributed by atoms with E-state index in [9.17, 15) is 0 Å². The minimum atomic E-state index is 0.414. The normalized spacial score (nSPS) is 26.0. The predicted molar refractivity (Wildman–Crippen MR) is 89.4 cm³/mol. The molecule has 1 N–H and O–H groups in total. The van der Waals surface area contributed by atoms with Crippen LogP contribution >= 0.6 is 0 Å². The number of hydrogen-bond donors (Lipinski definition) is 1. The number of piperazine rings is 1. The van der Waals surface area contributed by atoms with Crippen LogP contribution in [0.5, 0.6) is 0 Å². The zero-order valence-corrected chi connectivity index (χ0v) is 13.5. The van der Waals surface area contributed by atoms with Gasteiger partial charge in [0.2, 0.25) is 0 Å². The van der Waals surface area contributed by atoms with Gasteiger partial charge in [0.05, 0.1) is 0 Å². The Balaban J connectivity index is 1.71. The molecule has 1 aromatic carbocycles. The van der Waals surface area contributed by atoms with E-state index in [0.29, 0.717) is 11.6 Å². The maximum Gasteiger partial charge on any atom is 0.0309 e. The maximum atomic E-state index is 3.94. The second kappa shape index (κ2) is 6.93. The number of rotatable bonds is 4. The fourth-order valence-corrected chi connectivity index (χ4v) is 4.22. The molecule has 0 aromatic heterocycles. The standard InChI is InChI=1S/C19H30N2/c1-2-9-18-14-20-19(12-7-4-8-13-19)16-21(18)15-17-10-5-3-6-11-17/h3,5-6,10-11,18,20H,2,4,7-9,12-16H2,1H3. The van der Waals surface area contributed by atoms with Crippen molar-refractivity contribution in [2.45, 2.75) is 70.0 Å². The maximum absolute atomic E-state index is 3.94. The molecule has 1 saturated carbocycles. The van der Waals surface area contributed by atoms with Gasteiger partial charge in [-0.3, -0.25) is 4.90 Å². The second-order valence-corrected chi connectivity index (χ2v) is 7.05. The lowest BCUT2D eigenvalue weighted by molar-refractivity contribution is 0.0461. The third kappa shape index (κ3) is 3.67. The summed E-state index contributed by atoms with van der Waals surface area (Å²) in [7, 11) is 0. The molecular formula is C19H30N2. The molecule has 1 aromatic rings. The van der Waals surface area contributed by atoms with Gasteiger partial charge in [-0.15, -0.1) is 0 Å². The van der Waals surface area contributed by atoms with Gasteiger partial charge in [-0.1, -0.05) is 62.9 Å². The Kier molecular flexibility index (Phi) is 4.97. The van der Waals surface area contributed by atoms with Crippen molar-refractivity contribution in [2.24, 2.45) is 0 Å². The van der Waals surface area contributed by atoms with Crippen LogP contribution in [0.3, 0.4) is 0 Å². The quantitative estimate of drug-likeness (QED) is 0.901. The lowest BCUT2D eigenvalue weighted by atomic mass is 9.79. The van der Waals surface area contributed by atoms with Crippen molar-refractivity contribution in [1.82, 2.24) is 10.2 Å². The van der Waals surface area contributed by atoms with E-state index in [0.717, 1.165) is 6.54 Å². The highest BCUT2D eigenvalue weighted by atomic mass is 15.3. The van der Waals surface area contributed by atoms with Crippen molar-refractivity contribution >= 4 is 0 Å². The minimum absolute atomic E-state index is 0.414. The molecule has 0 bridgehead atoms. The van der Waals surface area contributed by atoms with Crippen molar-refractivity contribution in [3.63, 3.8) is 0 Å². The molecule has 1 spiro atoms. The third-order valence-electron chi connectivity index (χ3n) is 5.40. The molecule has 2 nitrogen and oxygen atoms in total. The summed E-state index contributed by atoms with van der Waals surface area (Å²) in [4.78, 5) is 2.76. The molecule has 1 heterocycles. The van der Waals surface area contributed by atoms with Gasteiger partial charge in [-0.25, -0.2) is 0 Å². The van der Waals surface area contributed by atoms with Crippen LogP contribution in [0.1, 0.15) is 57.4 Å². The molecule has 0 amide bonds. The van der Waals surface area contributed by atoms with Gasteiger partial charge >= 0.3 is 0 Å². The topological polar surface area (TPSA) is 15.3 Å². The first-order valence-electron chi connectivity index (χ1n) is 8.84. The highest BCUT2D eigenvalue weighted by Gasteiger charge is 2.39. The minimum Gasteiger partial charge on any atom is -0.308 e. The summed E-state index contributed by atoms with van der Waals surface area (Å²) in [6, 6.07) is 11.7. The summed E-state index contributed by atoms with van der Waals surface area (Å²) < 4.78 is 0. The molecule has 2 aliphatic rings. The Labute approximate surface area is 129 Å². The van der Waals surface area contributed by atoms with E-state index in [1.807, 2.05) is 0 Å². The summed E-state index contributed by atoms with van der Waals surface area (Å²) in [6.45, 7) is 5.86. The van der Waals surface area contributed by atoms with Crippen LogP contribution in [0, 0.1) is 0 Å². The number of hydrogen-bond acceptors (Lipinski definition) is 2. The van der Waals surface area contributed by atoms with Crippen molar-refractivity contribution in [3.05, 3.63) is 35.9 Å². The van der Waals surface area contributed by atoms with Crippen LogP contribution in [-0.2, 0) is 6.54 Å². The highest BCUT2D eigenvalue weighted by molar-refractivity contribution is 5.15. The first kappa shape index (κ1) is 15.1. The summed E-state index contributed by atoms with van der Waals surface area (Å²) in [5.41, 5.74) is 1.88. The molecule has 1 unspecified atom stereocenters. The van der Waals surface area contributed by atoms with E-state index in [4.69, 9.17) is 0 Å². The smallest absolute Gasteiger partial charge is 0.0309 e. The Morgan fingerprint density at radius 3 is 2.62 bits per heavy atom. The largest absolute Gasteiger partial charge is 0.308 e. The third-order valence-corrected chi connectivity index (χ3v) is 5.40. The first-order chi connectivity index (χ1) is 10.3. The Hall–Kier alpha value is -0.860. The second-order valence-electron chi connectivity index (χ2n) is 7.05. The van der Waals surface area contributed by atoms with Crippen molar-refractivity contribution < 1.29 is 0 Å². The van der Waals surface area contributed by atoms with Crippen LogP contribution in [0.25, 0.3) is 0 Å². The van der Waals surface area contributed by atoms with Crippen LogP contribution in [0.4, 0.5) is 0 Å². The van der Waals surface area contributed by atoms with E-state index in [-0.39, 0.29) is 0 Å². The van der Waals surface area contributed by atoms with Crippen LogP contribution in [-0.4, -0.2) is 29.6 Å². The molecule has 3 rings (SSSR count). The monoisotopic (exact) mass is 286 g/mol. The number of benzene rings is 1. The van der Waals surface area contributed by atoms with Gasteiger partial charge in [0.15, 0.2) is 0 Å². The van der Waals surface area contributed by atoms with E-state index in [1.54, 1.807) is 0 Å². The van der Waals surface area contributed by atoms with Crippen molar-refractivity contribution in [1.29, 1.82) is 0 Å². The average Bonchev–Trinajstić information content (AvgIpc) is 2.52. The molecular weight excluding hydrogens is 256 g/mol. The van der Waals surface area contributed by atoms with Crippen LogP contribution < -0.4 is 5.32 Å². The molecule has 2 heteroatoms. The predicted octanol–water partition coefficient (Wildman–Crippen LogP) is 3.96. The van der Waals surface area contributed by atoms with Gasteiger partial charge in [-0.05, 0) is 24.8 Å².